The number of methoxy groups -OCH3 is 1. The Morgan fingerprint density at radius 3 is 2.48 bits per heavy atom. The molecule has 0 radical (unpaired) electrons. The highest BCUT2D eigenvalue weighted by molar-refractivity contribution is 7.89. The van der Waals surface area contributed by atoms with Gasteiger partial charge in [0.25, 0.3) is 0 Å². The molecule has 1 rings (SSSR count). The monoisotopic (exact) mass is 317 g/mol. The number of carboxylic acid groups (broad SMARTS) is 1. The summed E-state index contributed by atoms with van der Waals surface area (Å²) in [6.45, 7) is 3.14. The summed E-state index contributed by atoms with van der Waals surface area (Å²) < 4.78 is 32.1. The number of rotatable bonds is 7. The van der Waals surface area contributed by atoms with Gasteiger partial charge in [0, 0.05) is 12.6 Å². The first-order valence-corrected chi connectivity index (χ1v) is 7.75. The number of sulfonamides is 1. The molecule has 8 heteroatoms. The summed E-state index contributed by atoms with van der Waals surface area (Å²) in [6.07, 6.45) is 0. The molecule has 0 aromatic heterocycles. The molecule has 0 aliphatic heterocycles. The Kier molecular flexibility index (Phi) is 5.70. The Bertz CT molecular complexity index is 613. The van der Waals surface area contributed by atoms with Crippen LogP contribution in [0.1, 0.15) is 24.2 Å². The van der Waals surface area contributed by atoms with Gasteiger partial charge in [-0.1, -0.05) is 6.92 Å². The first-order valence-electron chi connectivity index (χ1n) is 6.27. The molecular weight excluding hydrogens is 298 g/mol. The lowest BCUT2D eigenvalue weighted by Gasteiger charge is -2.20. The summed E-state index contributed by atoms with van der Waals surface area (Å²) >= 11 is 0. The molecule has 0 aliphatic rings. The van der Waals surface area contributed by atoms with Gasteiger partial charge in [-0.05, 0) is 31.0 Å². The van der Waals surface area contributed by atoms with Gasteiger partial charge in [0.05, 0.1) is 12.7 Å². The number of hydrogen-bond acceptors (Lipinski definition) is 5. The van der Waals surface area contributed by atoms with Crippen molar-refractivity contribution in [2.24, 2.45) is 5.92 Å². The molecule has 0 spiro atoms. The summed E-state index contributed by atoms with van der Waals surface area (Å²) in [7, 11) is -2.66. The van der Waals surface area contributed by atoms with Crippen LogP contribution < -0.4 is 9.46 Å². The van der Waals surface area contributed by atoms with Crippen molar-refractivity contribution in [2.45, 2.75) is 24.8 Å². The van der Waals surface area contributed by atoms with Gasteiger partial charge in [-0.3, -0.25) is 0 Å². The van der Waals surface area contributed by atoms with Crippen molar-refractivity contribution >= 4 is 16.0 Å². The largest absolute Gasteiger partial charge is 0.495 e. The molecule has 0 saturated carbocycles. The summed E-state index contributed by atoms with van der Waals surface area (Å²) in [5.74, 6) is -1.46. The number of benzene rings is 1. The van der Waals surface area contributed by atoms with E-state index in [2.05, 4.69) is 4.72 Å². The minimum absolute atomic E-state index is 0.0522. The Morgan fingerprint density at radius 2 is 2.00 bits per heavy atom. The number of carboxylic acids is 1. The van der Waals surface area contributed by atoms with Crippen LogP contribution >= 0.6 is 0 Å². The number of ether oxygens (including phenoxy) is 1. The van der Waals surface area contributed by atoms with Crippen LogP contribution in [-0.2, 0) is 10.0 Å². The average molecular weight is 317 g/mol. The first kappa shape index (κ1) is 17.4. The van der Waals surface area contributed by atoms with E-state index in [1.54, 1.807) is 13.8 Å². The fraction of sp³-hybridized carbons (Fsp3) is 0.462. The molecule has 0 aliphatic carbocycles. The van der Waals surface area contributed by atoms with Crippen LogP contribution in [0.3, 0.4) is 0 Å². The molecule has 0 fully saturated rings. The highest BCUT2D eigenvalue weighted by Crippen LogP contribution is 2.25. The summed E-state index contributed by atoms with van der Waals surface area (Å²) in [5, 5.41) is 18.0. The third-order valence-corrected chi connectivity index (χ3v) is 4.76. The van der Waals surface area contributed by atoms with E-state index in [1.807, 2.05) is 0 Å². The van der Waals surface area contributed by atoms with E-state index in [0.717, 1.165) is 6.07 Å². The Labute approximate surface area is 123 Å². The van der Waals surface area contributed by atoms with Crippen molar-refractivity contribution in [3.05, 3.63) is 23.8 Å². The molecule has 118 valence electrons. The number of aliphatic hydroxyl groups excluding tert-OH is 1. The predicted octanol–water partition coefficient (Wildman–Crippen LogP) is 0.689. The van der Waals surface area contributed by atoms with Crippen LogP contribution in [0.4, 0.5) is 0 Å². The first-order chi connectivity index (χ1) is 9.72. The molecule has 1 aromatic rings. The maximum Gasteiger partial charge on any atom is 0.335 e. The van der Waals surface area contributed by atoms with E-state index in [-0.39, 0.29) is 28.7 Å². The standard InChI is InChI=1S/C13H19NO6S/c1-8(7-15)9(2)14-21(18,19)12-6-10(13(16)17)4-5-11(12)20-3/h4-6,8-9,14-15H,7H2,1-3H3,(H,16,17). The lowest BCUT2D eigenvalue weighted by atomic mass is 10.1. The zero-order valence-electron chi connectivity index (χ0n) is 12.0. The topological polar surface area (TPSA) is 113 Å². The molecule has 2 unspecified atom stereocenters. The molecular formula is C13H19NO6S. The average Bonchev–Trinajstić information content (AvgIpc) is 2.44. The van der Waals surface area contributed by atoms with Crippen molar-refractivity contribution < 1.29 is 28.2 Å². The predicted molar refractivity (Wildman–Crippen MR) is 76.0 cm³/mol. The normalized spacial score (nSPS) is 14.5. The summed E-state index contributed by atoms with van der Waals surface area (Å²) in [4.78, 5) is 10.7. The van der Waals surface area contributed by atoms with Crippen molar-refractivity contribution in [2.75, 3.05) is 13.7 Å². The van der Waals surface area contributed by atoms with E-state index < -0.39 is 22.0 Å². The fourth-order valence-electron chi connectivity index (χ4n) is 1.60. The lowest BCUT2D eigenvalue weighted by Crippen LogP contribution is -2.38. The van der Waals surface area contributed by atoms with E-state index >= 15 is 0 Å². The Morgan fingerprint density at radius 1 is 1.38 bits per heavy atom. The molecule has 1 aromatic carbocycles. The number of carbonyl (C=O) groups is 1. The van der Waals surface area contributed by atoms with E-state index in [4.69, 9.17) is 14.9 Å². The van der Waals surface area contributed by atoms with Crippen LogP contribution in [0.5, 0.6) is 5.75 Å². The van der Waals surface area contributed by atoms with Crippen LogP contribution in [0, 0.1) is 5.92 Å². The van der Waals surface area contributed by atoms with Crippen molar-refractivity contribution in [3.8, 4) is 5.75 Å². The van der Waals surface area contributed by atoms with Gasteiger partial charge in [0.1, 0.15) is 10.6 Å². The molecule has 0 heterocycles. The minimum atomic E-state index is -3.96. The zero-order valence-corrected chi connectivity index (χ0v) is 12.8. The van der Waals surface area contributed by atoms with Crippen molar-refractivity contribution in [3.63, 3.8) is 0 Å². The van der Waals surface area contributed by atoms with E-state index in [9.17, 15) is 13.2 Å². The van der Waals surface area contributed by atoms with Gasteiger partial charge in [0.15, 0.2) is 0 Å². The zero-order chi connectivity index (χ0) is 16.2. The second-order valence-electron chi connectivity index (χ2n) is 4.74. The van der Waals surface area contributed by atoms with Crippen LogP contribution in [0.25, 0.3) is 0 Å². The molecule has 0 bridgehead atoms. The molecule has 0 amide bonds. The fourth-order valence-corrected chi connectivity index (χ4v) is 3.15. The van der Waals surface area contributed by atoms with Gasteiger partial charge in [0.2, 0.25) is 10.0 Å². The maximum absolute atomic E-state index is 12.4. The summed E-state index contributed by atoms with van der Waals surface area (Å²) in [6, 6.07) is 3.08. The van der Waals surface area contributed by atoms with Crippen LogP contribution in [-0.4, -0.2) is 44.4 Å². The maximum atomic E-state index is 12.4. The Balaban J connectivity index is 3.23. The second-order valence-corrected chi connectivity index (χ2v) is 6.42. The highest BCUT2D eigenvalue weighted by Gasteiger charge is 2.25. The molecule has 21 heavy (non-hydrogen) atoms. The lowest BCUT2D eigenvalue weighted by molar-refractivity contribution is 0.0696. The summed E-state index contributed by atoms with van der Waals surface area (Å²) in [5.41, 5.74) is -0.154. The van der Waals surface area contributed by atoms with E-state index in [1.165, 1.54) is 19.2 Å². The highest BCUT2D eigenvalue weighted by atomic mass is 32.2. The number of aliphatic hydroxyl groups is 1. The van der Waals surface area contributed by atoms with Crippen molar-refractivity contribution in [1.82, 2.24) is 4.72 Å². The number of nitrogens with one attached hydrogen (secondary N) is 1. The molecule has 0 saturated heterocycles. The van der Waals surface area contributed by atoms with Gasteiger partial charge >= 0.3 is 5.97 Å². The number of aromatic carboxylic acids is 1. The SMILES string of the molecule is COc1ccc(C(=O)O)cc1S(=O)(=O)NC(C)C(C)CO. The third-order valence-electron chi connectivity index (χ3n) is 3.18. The third kappa shape index (κ3) is 4.16. The van der Waals surface area contributed by atoms with E-state index in [0.29, 0.717) is 0 Å². The van der Waals surface area contributed by atoms with Crippen LogP contribution in [0.15, 0.2) is 23.1 Å². The van der Waals surface area contributed by atoms with Crippen molar-refractivity contribution in [1.29, 1.82) is 0 Å². The van der Waals surface area contributed by atoms with Gasteiger partial charge in [-0.25, -0.2) is 17.9 Å². The van der Waals surface area contributed by atoms with Gasteiger partial charge in [-0.2, -0.15) is 0 Å². The smallest absolute Gasteiger partial charge is 0.335 e. The molecule has 3 N–H and O–H groups in total. The van der Waals surface area contributed by atoms with Crippen LogP contribution in [0.2, 0.25) is 0 Å². The second kappa shape index (κ2) is 6.88. The van der Waals surface area contributed by atoms with Gasteiger partial charge in [-0.15, -0.1) is 0 Å². The Hall–Kier alpha value is -1.64. The molecule has 7 nitrogen and oxygen atoms in total. The number of hydrogen-bond donors (Lipinski definition) is 3. The molecule has 2 atom stereocenters. The van der Waals surface area contributed by atoms with Gasteiger partial charge < -0.3 is 14.9 Å². The minimum Gasteiger partial charge on any atom is -0.495 e. The quantitative estimate of drug-likeness (QED) is 0.682.